The van der Waals surface area contributed by atoms with Gasteiger partial charge in [-0.1, -0.05) is 28.0 Å². The van der Waals surface area contributed by atoms with Gasteiger partial charge in [-0.05, 0) is 43.5 Å². The van der Waals surface area contributed by atoms with Crippen molar-refractivity contribution in [3.8, 4) is 0 Å². The third-order valence-electron chi connectivity index (χ3n) is 3.40. The Bertz CT molecular complexity index is 499. The molecule has 1 aliphatic heterocycles. The van der Waals surface area contributed by atoms with E-state index < -0.39 is 0 Å². The molecule has 1 aromatic carbocycles. The predicted octanol–water partition coefficient (Wildman–Crippen LogP) is 4.30. The van der Waals surface area contributed by atoms with Gasteiger partial charge in [0.05, 0.1) is 0 Å². The minimum absolute atomic E-state index is 0.0562. The second-order valence-electron chi connectivity index (χ2n) is 5.38. The third-order valence-corrected chi connectivity index (χ3v) is 6.40. The van der Waals surface area contributed by atoms with Crippen LogP contribution >= 0.6 is 21.6 Å². The number of hydrogen-bond donors (Lipinski definition) is 2. The van der Waals surface area contributed by atoms with Crippen LogP contribution in [0, 0.1) is 0 Å². The lowest BCUT2D eigenvalue weighted by Crippen LogP contribution is -2.11. The number of benzene rings is 1. The lowest BCUT2D eigenvalue weighted by Gasteiger charge is -2.08. The van der Waals surface area contributed by atoms with Gasteiger partial charge in [0.15, 0.2) is 0 Å². The predicted molar refractivity (Wildman–Crippen MR) is 96.3 cm³/mol. The summed E-state index contributed by atoms with van der Waals surface area (Å²) in [5.74, 6) is 1.22. The number of hydrogen-bond acceptors (Lipinski definition) is 4. The Morgan fingerprint density at radius 1 is 1.14 bits per heavy atom. The summed E-state index contributed by atoms with van der Waals surface area (Å²) in [6.07, 6.45) is 5.15. The maximum Gasteiger partial charge on any atom is 0.224 e. The van der Waals surface area contributed by atoms with Gasteiger partial charge in [0, 0.05) is 35.7 Å². The highest BCUT2D eigenvalue weighted by Crippen LogP contribution is 2.39. The number of unbranched alkanes of at least 4 members (excludes halogenated alkanes) is 1. The van der Waals surface area contributed by atoms with Gasteiger partial charge in [0.25, 0.3) is 0 Å². The van der Waals surface area contributed by atoms with Crippen molar-refractivity contribution in [1.29, 1.82) is 0 Å². The van der Waals surface area contributed by atoms with Crippen LogP contribution in [-0.2, 0) is 9.59 Å². The molecular weight excluding hydrogens is 316 g/mol. The number of rotatable bonds is 7. The van der Waals surface area contributed by atoms with E-state index in [0.29, 0.717) is 6.42 Å². The molecule has 0 radical (unpaired) electrons. The fourth-order valence-electron chi connectivity index (χ4n) is 2.29. The van der Waals surface area contributed by atoms with Crippen LogP contribution in [-0.4, -0.2) is 22.8 Å². The first-order valence-corrected chi connectivity index (χ1v) is 9.97. The number of anilines is 2. The van der Waals surface area contributed by atoms with Crippen molar-refractivity contribution in [2.24, 2.45) is 0 Å². The molecule has 2 N–H and O–H groups in total. The van der Waals surface area contributed by atoms with Crippen LogP contribution in [0.15, 0.2) is 24.3 Å². The fourth-order valence-corrected chi connectivity index (χ4v) is 5.31. The van der Waals surface area contributed by atoms with Crippen LogP contribution < -0.4 is 10.6 Å². The van der Waals surface area contributed by atoms with Gasteiger partial charge in [0.2, 0.25) is 11.8 Å². The quantitative estimate of drug-likeness (QED) is 0.575. The number of carbonyl (C=O) groups excluding carboxylic acids is 2. The lowest BCUT2D eigenvalue weighted by atomic mass is 10.1. The molecule has 0 bridgehead atoms. The third kappa shape index (κ3) is 6.32. The zero-order valence-corrected chi connectivity index (χ0v) is 14.4. The van der Waals surface area contributed by atoms with Gasteiger partial charge in [-0.2, -0.15) is 0 Å². The summed E-state index contributed by atoms with van der Waals surface area (Å²) in [5.41, 5.74) is 1.50. The summed E-state index contributed by atoms with van der Waals surface area (Å²) in [6.45, 7) is 1.47. The maximum absolute atomic E-state index is 11.9. The van der Waals surface area contributed by atoms with Gasteiger partial charge in [-0.25, -0.2) is 0 Å². The molecule has 0 spiro atoms. The van der Waals surface area contributed by atoms with Crippen molar-refractivity contribution >= 4 is 44.8 Å². The van der Waals surface area contributed by atoms with Crippen molar-refractivity contribution in [3.05, 3.63) is 24.3 Å². The van der Waals surface area contributed by atoms with Crippen LogP contribution in [0.2, 0.25) is 0 Å². The largest absolute Gasteiger partial charge is 0.326 e. The van der Waals surface area contributed by atoms with Gasteiger partial charge in [0.1, 0.15) is 0 Å². The van der Waals surface area contributed by atoms with Crippen molar-refractivity contribution in [2.75, 3.05) is 16.4 Å². The molecule has 0 aliphatic carbocycles. The van der Waals surface area contributed by atoms with E-state index in [9.17, 15) is 9.59 Å². The molecule has 1 atom stereocenters. The highest BCUT2D eigenvalue weighted by Gasteiger charge is 2.15. The van der Waals surface area contributed by atoms with Gasteiger partial charge >= 0.3 is 0 Å². The summed E-state index contributed by atoms with van der Waals surface area (Å²) in [5, 5.41) is 6.37. The van der Waals surface area contributed by atoms with E-state index in [4.69, 9.17) is 0 Å². The van der Waals surface area contributed by atoms with E-state index in [1.54, 1.807) is 24.3 Å². The Hall–Kier alpha value is -1.14. The summed E-state index contributed by atoms with van der Waals surface area (Å²) in [4.78, 5) is 22.8. The minimum Gasteiger partial charge on any atom is -0.326 e. The molecule has 2 amide bonds. The summed E-state index contributed by atoms with van der Waals surface area (Å²) in [7, 11) is 3.96. The molecular formula is C16H22N2O2S2. The number of carbonyl (C=O) groups is 2. The molecule has 1 fully saturated rings. The van der Waals surface area contributed by atoms with Crippen LogP contribution in [0.3, 0.4) is 0 Å². The number of nitrogens with one attached hydrogen (secondary N) is 2. The van der Waals surface area contributed by atoms with E-state index in [2.05, 4.69) is 10.6 Å². The first-order valence-electron chi connectivity index (χ1n) is 7.59. The Balaban J connectivity index is 1.64. The second-order valence-corrected chi connectivity index (χ2v) is 8.17. The summed E-state index contributed by atoms with van der Waals surface area (Å²) in [6, 6.07) is 7.17. The molecule has 1 heterocycles. The fraction of sp³-hybridized carbons (Fsp3) is 0.500. The number of amides is 2. The van der Waals surface area contributed by atoms with Crippen molar-refractivity contribution in [1.82, 2.24) is 0 Å². The van der Waals surface area contributed by atoms with Gasteiger partial charge in [-0.15, -0.1) is 0 Å². The smallest absolute Gasteiger partial charge is 0.224 e. The average Bonchev–Trinajstić information content (AvgIpc) is 2.98. The van der Waals surface area contributed by atoms with E-state index in [0.717, 1.165) is 29.5 Å². The van der Waals surface area contributed by atoms with Crippen molar-refractivity contribution < 1.29 is 9.59 Å². The molecule has 120 valence electrons. The molecule has 1 saturated heterocycles. The lowest BCUT2D eigenvalue weighted by molar-refractivity contribution is -0.116. The minimum atomic E-state index is -0.101. The van der Waals surface area contributed by atoms with E-state index in [-0.39, 0.29) is 11.8 Å². The van der Waals surface area contributed by atoms with Crippen molar-refractivity contribution in [2.45, 2.75) is 44.3 Å². The zero-order valence-electron chi connectivity index (χ0n) is 12.8. The van der Waals surface area contributed by atoms with Crippen LogP contribution in [0.5, 0.6) is 0 Å². The summed E-state index contributed by atoms with van der Waals surface area (Å²) < 4.78 is 0. The SMILES string of the molecule is CC(=O)Nc1ccc(NC(=O)CCCC[C@H]2CCSS2)cc1. The molecule has 4 nitrogen and oxygen atoms in total. The summed E-state index contributed by atoms with van der Waals surface area (Å²) >= 11 is 0. The molecule has 2 rings (SSSR count). The molecule has 22 heavy (non-hydrogen) atoms. The van der Waals surface area contributed by atoms with Crippen molar-refractivity contribution in [3.63, 3.8) is 0 Å². The Labute approximate surface area is 139 Å². The highest BCUT2D eigenvalue weighted by atomic mass is 33.1. The average molecular weight is 338 g/mol. The van der Waals surface area contributed by atoms with Crippen LogP contribution in [0.1, 0.15) is 39.0 Å². The maximum atomic E-state index is 11.9. The van der Waals surface area contributed by atoms with Gasteiger partial charge < -0.3 is 10.6 Å². The second kappa shape index (κ2) is 9.10. The highest BCUT2D eigenvalue weighted by molar-refractivity contribution is 8.77. The zero-order chi connectivity index (χ0) is 15.8. The molecule has 0 aromatic heterocycles. The van der Waals surface area contributed by atoms with E-state index in [1.807, 2.05) is 21.6 Å². The van der Waals surface area contributed by atoms with Crippen LogP contribution in [0.4, 0.5) is 11.4 Å². The Morgan fingerprint density at radius 2 is 1.82 bits per heavy atom. The first-order chi connectivity index (χ1) is 10.6. The molecule has 0 saturated carbocycles. The first kappa shape index (κ1) is 17.2. The molecule has 1 aromatic rings. The topological polar surface area (TPSA) is 58.2 Å². The molecule has 6 heteroatoms. The van der Waals surface area contributed by atoms with Crippen LogP contribution in [0.25, 0.3) is 0 Å². The normalized spacial score (nSPS) is 17.2. The van der Waals surface area contributed by atoms with Gasteiger partial charge in [-0.3, -0.25) is 9.59 Å². The monoisotopic (exact) mass is 338 g/mol. The standard InChI is InChI=1S/C16H22N2O2S2/c1-12(19)17-13-6-8-14(9-7-13)18-16(20)5-3-2-4-15-10-11-21-22-15/h6-9,15H,2-5,10-11H2,1H3,(H,17,19)(H,18,20)/t15-/m0/s1. The molecule has 1 aliphatic rings. The van der Waals surface area contributed by atoms with E-state index >= 15 is 0 Å². The Kier molecular flexibility index (Phi) is 7.12. The van der Waals surface area contributed by atoms with E-state index in [1.165, 1.54) is 25.5 Å². The Morgan fingerprint density at radius 3 is 2.41 bits per heavy atom. The molecule has 0 unspecified atom stereocenters.